The monoisotopic (exact) mass is 310 g/mol. The number of nitrogens with zero attached hydrogens (tertiary/aromatic N) is 2. The van der Waals surface area contributed by atoms with E-state index in [4.69, 9.17) is 0 Å². The minimum Gasteiger partial charge on any atom is -0.308 e. The van der Waals surface area contributed by atoms with Crippen molar-refractivity contribution in [3.8, 4) is 0 Å². The van der Waals surface area contributed by atoms with Gasteiger partial charge in [0.2, 0.25) is 5.91 Å². The molecule has 1 aliphatic rings. The summed E-state index contributed by atoms with van der Waals surface area (Å²) in [5.41, 5.74) is 4.18. The highest BCUT2D eigenvalue weighted by Gasteiger charge is 2.28. The number of benzene rings is 1. The molecule has 3 aromatic rings. The van der Waals surface area contributed by atoms with Crippen molar-refractivity contribution in [2.45, 2.75) is 12.2 Å². The summed E-state index contributed by atoms with van der Waals surface area (Å²) >= 11 is 1.62. The summed E-state index contributed by atoms with van der Waals surface area (Å²) in [7, 11) is 0. The van der Waals surface area contributed by atoms with Crippen molar-refractivity contribution >= 4 is 34.4 Å². The van der Waals surface area contributed by atoms with E-state index < -0.39 is 0 Å². The Bertz CT molecular complexity index is 873. The van der Waals surface area contributed by atoms with Crippen LogP contribution in [0.4, 0.5) is 5.82 Å². The molecule has 0 radical (unpaired) electrons. The maximum Gasteiger partial charge on any atom is 0.235 e. The maximum atomic E-state index is 11.8. The van der Waals surface area contributed by atoms with Gasteiger partial charge in [-0.3, -0.25) is 14.9 Å². The summed E-state index contributed by atoms with van der Waals surface area (Å²) in [6.45, 7) is 1.99. The van der Waals surface area contributed by atoms with Crippen LogP contribution in [0.5, 0.6) is 0 Å². The maximum absolute atomic E-state index is 11.8. The number of pyridine rings is 1. The van der Waals surface area contributed by atoms with Crippen LogP contribution >= 0.6 is 11.8 Å². The van der Waals surface area contributed by atoms with Gasteiger partial charge < -0.3 is 5.32 Å². The molecular weight excluding hydrogens is 296 g/mol. The van der Waals surface area contributed by atoms with Gasteiger partial charge in [-0.1, -0.05) is 12.1 Å². The van der Waals surface area contributed by atoms with Crippen LogP contribution in [0.15, 0.2) is 36.5 Å². The van der Waals surface area contributed by atoms with Crippen molar-refractivity contribution < 1.29 is 4.79 Å². The molecule has 5 nitrogen and oxygen atoms in total. The van der Waals surface area contributed by atoms with E-state index in [1.165, 1.54) is 0 Å². The average molecular weight is 310 g/mol. The topological polar surface area (TPSA) is 70.7 Å². The standard InChI is InChI=1S/C16H14N4OS/c1-9-14-15(22-8-13(21)18-16(14)20-19-9)11-4-5-12-10(7-11)3-2-6-17-12/h2-7,15H,8H2,1H3,(H2,18,19,20,21)/t15-/m0/s1. The second kappa shape index (κ2) is 5.14. The number of amides is 1. The van der Waals surface area contributed by atoms with Crippen LogP contribution in [0.25, 0.3) is 10.9 Å². The van der Waals surface area contributed by atoms with Crippen LogP contribution in [0.2, 0.25) is 0 Å². The van der Waals surface area contributed by atoms with Crippen molar-refractivity contribution in [3.05, 3.63) is 53.3 Å². The number of hydrogen-bond acceptors (Lipinski definition) is 4. The van der Waals surface area contributed by atoms with Gasteiger partial charge in [0, 0.05) is 22.8 Å². The van der Waals surface area contributed by atoms with E-state index in [2.05, 4.69) is 38.7 Å². The lowest BCUT2D eigenvalue weighted by atomic mass is 10.0. The number of hydrogen-bond donors (Lipinski definition) is 2. The summed E-state index contributed by atoms with van der Waals surface area (Å²) in [5.74, 6) is 1.05. The fourth-order valence-corrected chi connectivity index (χ4v) is 3.97. The Morgan fingerprint density at radius 3 is 3.14 bits per heavy atom. The third kappa shape index (κ3) is 2.16. The smallest absolute Gasteiger partial charge is 0.235 e. The first-order valence-electron chi connectivity index (χ1n) is 7.03. The summed E-state index contributed by atoms with van der Waals surface area (Å²) in [6, 6.07) is 10.2. The number of aromatic nitrogens is 3. The van der Waals surface area contributed by atoms with Crippen LogP contribution in [-0.4, -0.2) is 26.8 Å². The molecule has 4 rings (SSSR count). The van der Waals surface area contributed by atoms with Gasteiger partial charge in [0.05, 0.1) is 16.5 Å². The van der Waals surface area contributed by atoms with Gasteiger partial charge in [0.15, 0.2) is 5.82 Å². The lowest BCUT2D eigenvalue weighted by Crippen LogP contribution is -2.12. The van der Waals surface area contributed by atoms with Gasteiger partial charge in [-0.2, -0.15) is 5.10 Å². The van der Waals surface area contributed by atoms with Gasteiger partial charge in [-0.05, 0) is 30.7 Å². The van der Waals surface area contributed by atoms with Crippen LogP contribution in [0.1, 0.15) is 22.1 Å². The molecule has 0 bridgehead atoms. The summed E-state index contributed by atoms with van der Waals surface area (Å²) < 4.78 is 0. The molecule has 1 atom stereocenters. The number of carbonyl (C=O) groups excluding carboxylic acids is 1. The van der Waals surface area contributed by atoms with Gasteiger partial charge in [0.25, 0.3) is 0 Å². The Hall–Kier alpha value is -2.34. The Labute approximate surface area is 131 Å². The van der Waals surface area contributed by atoms with E-state index in [1.807, 2.05) is 19.1 Å². The van der Waals surface area contributed by atoms with Gasteiger partial charge >= 0.3 is 0 Å². The minimum absolute atomic E-state index is 0.0114. The molecule has 0 unspecified atom stereocenters. The number of H-pyrrole nitrogens is 1. The number of anilines is 1. The molecule has 1 aliphatic heterocycles. The lowest BCUT2D eigenvalue weighted by molar-refractivity contribution is -0.113. The van der Waals surface area contributed by atoms with E-state index in [-0.39, 0.29) is 11.2 Å². The predicted molar refractivity (Wildman–Crippen MR) is 88.0 cm³/mol. The first kappa shape index (κ1) is 13.3. The zero-order valence-electron chi connectivity index (χ0n) is 12.0. The Morgan fingerprint density at radius 2 is 2.23 bits per heavy atom. The normalized spacial score (nSPS) is 17.9. The summed E-state index contributed by atoms with van der Waals surface area (Å²) in [6.07, 6.45) is 1.79. The molecule has 3 heterocycles. The van der Waals surface area contributed by atoms with Crippen LogP contribution < -0.4 is 5.32 Å². The van der Waals surface area contributed by atoms with Crippen LogP contribution in [0.3, 0.4) is 0 Å². The number of rotatable bonds is 1. The number of aryl methyl sites for hydroxylation is 1. The van der Waals surface area contributed by atoms with E-state index in [0.717, 1.165) is 27.7 Å². The Balaban J connectivity index is 1.86. The van der Waals surface area contributed by atoms with Gasteiger partial charge in [-0.25, -0.2) is 0 Å². The van der Waals surface area contributed by atoms with Crippen LogP contribution in [0, 0.1) is 6.92 Å². The number of nitrogens with one attached hydrogen (secondary N) is 2. The predicted octanol–water partition coefficient (Wildman–Crippen LogP) is 3.04. The fourth-order valence-electron chi connectivity index (χ4n) is 2.78. The third-order valence-corrected chi connectivity index (χ3v) is 5.10. The van der Waals surface area contributed by atoms with Crippen molar-refractivity contribution in [2.24, 2.45) is 0 Å². The second-order valence-corrected chi connectivity index (χ2v) is 6.40. The Morgan fingerprint density at radius 1 is 1.32 bits per heavy atom. The SMILES string of the molecule is Cc1[nH]nc2c1[C@H](c1ccc3ncccc3c1)SCC(=O)N2. The number of carbonyl (C=O) groups is 1. The zero-order chi connectivity index (χ0) is 15.1. The molecule has 110 valence electrons. The lowest BCUT2D eigenvalue weighted by Gasteiger charge is -2.15. The third-order valence-electron chi connectivity index (χ3n) is 3.83. The summed E-state index contributed by atoms with van der Waals surface area (Å²) in [4.78, 5) is 16.2. The molecule has 0 spiro atoms. The largest absolute Gasteiger partial charge is 0.308 e. The second-order valence-electron chi connectivity index (χ2n) is 5.31. The van der Waals surface area contributed by atoms with Crippen LogP contribution in [-0.2, 0) is 4.79 Å². The molecule has 0 saturated heterocycles. The highest BCUT2D eigenvalue weighted by atomic mass is 32.2. The highest BCUT2D eigenvalue weighted by Crippen LogP contribution is 2.42. The van der Waals surface area contributed by atoms with E-state index in [9.17, 15) is 4.79 Å². The average Bonchev–Trinajstić information content (AvgIpc) is 2.79. The first-order chi connectivity index (χ1) is 10.7. The highest BCUT2D eigenvalue weighted by molar-refractivity contribution is 8.00. The molecule has 0 aliphatic carbocycles. The van der Waals surface area contributed by atoms with Crippen molar-refractivity contribution in [3.63, 3.8) is 0 Å². The van der Waals surface area contributed by atoms with Crippen molar-refractivity contribution in [2.75, 3.05) is 11.1 Å². The molecule has 0 fully saturated rings. The van der Waals surface area contributed by atoms with Crippen molar-refractivity contribution in [1.82, 2.24) is 15.2 Å². The molecule has 2 N–H and O–H groups in total. The van der Waals surface area contributed by atoms with Gasteiger partial charge in [-0.15, -0.1) is 11.8 Å². The quantitative estimate of drug-likeness (QED) is 0.725. The minimum atomic E-state index is -0.0114. The number of fused-ring (bicyclic) bond motifs is 2. The van der Waals surface area contributed by atoms with E-state index in [1.54, 1.807) is 18.0 Å². The molecular formula is C16H14N4OS. The number of aromatic amines is 1. The van der Waals surface area contributed by atoms with Crippen molar-refractivity contribution in [1.29, 1.82) is 0 Å². The zero-order valence-corrected chi connectivity index (χ0v) is 12.8. The molecule has 1 aromatic carbocycles. The molecule has 0 saturated carbocycles. The van der Waals surface area contributed by atoms with E-state index in [0.29, 0.717) is 11.6 Å². The molecule has 22 heavy (non-hydrogen) atoms. The first-order valence-corrected chi connectivity index (χ1v) is 8.08. The molecule has 2 aromatic heterocycles. The fraction of sp³-hybridized carbons (Fsp3) is 0.188. The molecule has 1 amide bonds. The summed E-state index contributed by atoms with van der Waals surface area (Å²) in [5, 5.41) is 11.2. The van der Waals surface area contributed by atoms with Gasteiger partial charge in [0.1, 0.15) is 0 Å². The number of thioether (sulfide) groups is 1. The Kier molecular flexibility index (Phi) is 3.11. The van der Waals surface area contributed by atoms with E-state index >= 15 is 0 Å². The molecule has 6 heteroatoms.